The first-order valence-electron chi connectivity index (χ1n) is 10.5. The Morgan fingerprint density at radius 1 is 1.00 bits per heavy atom. The Bertz CT molecular complexity index is 1110. The van der Waals surface area contributed by atoms with Crippen LogP contribution < -0.4 is 9.47 Å². The van der Waals surface area contributed by atoms with Crippen molar-refractivity contribution < 1.29 is 27.6 Å². The smallest absolute Gasteiger partial charge is 0.294 e. The molecule has 0 aliphatic carbocycles. The Hall–Kier alpha value is -2.87. The average Bonchev–Trinajstić information content (AvgIpc) is 3.26. The fourth-order valence-corrected chi connectivity index (χ4v) is 3.91. The van der Waals surface area contributed by atoms with Crippen molar-refractivity contribution in [3.8, 4) is 11.5 Å². The Kier molecular flexibility index (Phi) is 8.27. The largest absolute Gasteiger partial charge is 0.493 e. The van der Waals surface area contributed by atoms with Crippen LogP contribution >= 0.6 is 0 Å². The monoisotopic (exact) mass is 456 g/mol. The van der Waals surface area contributed by atoms with Crippen molar-refractivity contribution in [2.75, 3.05) is 13.2 Å². The Labute approximate surface area is 189 Å². The van der Waals surface area contributed by atoms with Gasteiger partial charge in [-0.1, -0.05) is 48.0 Å². The van der Waals surface area contributed by atoms with E-state index in [2.05, 4.69) is 12.1 Å². The number of rotatable bonds is 7. The van der Waals surface area contributed by atoms with E-state index in [-0.39, 0.29) is 11.5 Å². The zero-order chi connectivity index (χ0) is 23.0. The van der Waals surface area contributed by atoms with E-state index in [0.29, 0.717) is 6.61 Å². The molecular weight excluding hydrogens is 428 g/mol. The quantitative estimate of drug-likeness (QED) is 0.513. The molecular formula is C25H28O6S. The lowest BCUT2D eigenvalue weighted by atomic mass is 9.99. The molecule has 0 unspecified atom stereocenters. The zero-order valence-electron chi connectivity index (χ0n) is 18.0. The molecule has 0 spiro atoms. The maximum atomic E-state index is 10.5. The third kappa shape index (κ3) is 6.56. The Balaban J connectivity index is 0.000000222. The van der Waals surface area contributed by atoms with Crippen molar-refractivity contribution in [1.29, 1.82) is 0 Å². The van der Waals surface area contributed by atoms with Crippen LogP contribution in [0.1, 0.15) is 28.7 Å². The van der Waals surface area contributed by atoms with Gasteiger partial charge in [-0.2, -0.15) is 8.42 Å². The van der Waals surface area contributed by atoms with Crippen molar-refractivity contribution in [2.45, 2.75) is 37.7 Å². The Morgan fingerprint density at radius 2 is 1.72 bits per heavy atom. The van der Waals surface area contributed by atoms with Crippen LogP contribution in [-0.4, -0.2) is 31.3 Å². The minimum absolute atomic E-state index is 0.0666. The number of aliphatic hydroxyl groups is 1. The molecule has 1 heterocycles. The van der Waals surface area contributed by atoms with Crippen LogP contribution in [0, 0.1) is 6.92 Å². The first-order chi connectivity index (χ1) is 15.4. The van der Waals surface area contributed by atoms with E-state index < -0.39 is 10.1 Å². The molecule has 0 saturated carbocycles. The number of hydrogen-bond acceptors (Lipinski definition) is 5. The number of hydrogen-bond donors (Lipinski definition) is 2. The fraction of sp³-hybridized carbons (Fsp3) is 0.280. The van der Waals surface area contributed by atoms with E-state index in [1.165, 1.54) is 23.3 Å². The predicted molar refractivity (Wildman–Crippen MR) is 123 cm³/mol. The molecule has 0 bridgehead atoms. The molecule has 0 aromatic heterocycles. The molecule has 0 amide bonds. The summed E-state index contributed by atoms with van der Waals surface area (Å²) in [6, 6.07) is 20.1. The van der Waals surface area contributed by atoms with Crippen LogP contribution in [0.25, 0.3) is 0 Å². The molecule has 3 aromatic rings. The molecule has 4 rings (SSSR count). The second kappa shape index (κ2) is 11.1. The summed E-state index contributed by atoms with van der Waals surface area (Å²) in [6.45, 7) is 3.34. The summed E-state index contributed by atoms with van der Waals surface area (Å²) in [4.78, 5) is -0.0666. The molecule has 7 heteroatoms. The third-order valence-electron chi connectivity index (χ3n) is 5.10. The van der Waals surface area contributed by atoms with Crippen LogP contribution in [0.4, 0.5) is 0 Å². The van der Waals surface area contributed by atoms with Gasteiger partial charge in [-0.15, -0.1) is 0 Å². The molecule has 1 aliphatic rings. The molecule has 0 radical (unpaired) electrons. The summed E-state index contributed by atoms with van der Waals surface area (Å²) in [5, 5.41) is 9.10. The summed E-state index contributed by atoms with van der Waals surface area (Å²) in [6.07, 6.45) is 2.50. The van der Waals surface area contributed by atoms with Gasteiger partial charge < -0.3 is 14.6 Å². The van der Waals surface area contributed by atoms with Gasteiger partial charge in [0, 0.05) is 24.2 Å². The van der Waals surface area contributed by atoms with E-state index in [1.54, 1.807) is 12.1 Å². The van der Waals surface area contributed by atoms with Gasteiger partial charge in [-0.05, 0) is 49.6 Å². The van der Waals surface area contributed by atoms with E-state index >= 15 is 0 Å². The summed E-state index contributed by atoms with van der Waals surface area (Å²) in [5.74, 6) is 1.88. The minimum atomic E-state index is -4.02. The van der Waals surface area contributed by atoms with Crippen molar-refractivity contribution in [3.63, 3.8) is 0 Å². The van der Waals surface area contributed by atoms with Crippen LogP contribution in [0.2, 0.25) is 0 Å². The normalized spacial score (nSPS) is 12.3. The standard InChI is InChI=1S/C18H20O3.C7H8O3S/c19-11-4-7-15-16-10-12-20-17(16)8-9-18(15)21-13-14-5-2-1-3-6-14;1-6-2-4-7(5-3-6)11(8,9)10/h1-3,5-6,8-9,19H,4,7,10-13H2;2-5H,1H3,(H,8,9,10). The first kappa shape index (κ1) is 23.8. The highest BCUT2D eigenvalue weighted by molar-refractivity contribution is 7.85. The number of aliphatic hydroxyl groups excluding tert-OH is 1. The lowest BCUT2D eigenvalue weighted by molar-refractivity contribution is 0.283. The van der Waals surface area contributed by atoms with Crippen molar-refractivity contribution >= 4 is 10.1 Å². The topological polar surface area (TPSA) is 93.1 Å². The second-order valence-electron chi connectivity index (χ2n) is 7.51. The highest BCUT2D eigenvalue weighted by Gasteiger charge is 2.19. The predicted octanol–water partition coefficient (Wildman–Crippen LogP) is 4.37. The zero-order valence-corrected chi connectivity index (χ0v) is 18.8. The molecule has 6 nitrogen and oxygen atoms in total. The van der Waals surface area contributed by atoms with Gasteiger partial charge in [0.05, 0.1) is 11.5 Å². The van der Waals surface area contributed by atoms with E-state index in [0.717, 1.165) is 48.5 Å². The molecule has 1 aliphatic heterocycles. The minimum Gasteiger partial charge on any atom is -0.493 e. The summed E-state index contributed by atoms with van der Waals surface area (Å²) >= 11 is 0. The van der Waals surface area contributed by atoms with Gasteiger partial charge in [0.25, 0.3) is 10.1 Å². The van der Waals surface area contributed by atoms with E-state index in [1.807, 2.05) is 37.3 Å². The SMILES string of the molecule is Cc1ccc(S(=O)(=O)O)cc1.OCCCc1c(OCc2ccccc2)ccc2c1CCO2. The second-order valence-corrected chi connectivity index (χ2v) is 8.93. The first-order valence-corrected chi connectivity index (χ1v) is 11.9. The molecule has 0 saturated heterocycles. The van der Waals surface area contributed by atoms with Gasteiger partial charge in [-0.3, -0.25) is 4.55 Å². The van der Waals surface area contributed by atoms with Gasteiger partial charge >= 0.3 is 0 Å². The number of aryl methyl sites for hydroxylation is 1. The van der Waals surface area contributed by atoms with Crippen molar-refractivity contribution in [3.05, 3.63) is 89.0 Å². The maximum Gasteiger partial charge on any atom is 0.294 e. The van der Waals surface area contributed by atoms with Crippen molar-refractivity contribution in [1.82, 2.24) is 0 Å². The molecule has 2 N–H and O–H groups in total. The molecule has 3 aromatic carbocycles. The van der Waals surface area contributed by atoms with Crippen LogP contribution in [0.5, 0.6) is 11.5 Å². The molecule has 32 heavy (non-hydrogen) atoms. The highest BCUT2D eigenvalue weighted by atomic mass is 32.2. The van der Waals surface area contributed by atoms with Gasteiger partial charge in [0.15, 0.2) is 0 Å². The van der Waals surface area contributed by atoms with Gasteiger partial charge in [0.2, 0.25) is 0 Å². The van der Waals surface area contributed by atoms with Crippen LogP contribution in [-0.2, 0) is 29.6 Å². The van der Waals surface area contributed by atoms with Crippen LogP contribution in [0.3, 0.4) is 0 Å². The van der Waals surface area contributed by atoms with Gasteiger partial charge in [-0.25, -0.2) is 0 Å². The summed E-state index contributed by atoms with van der Waals surface area (Å²) in [5.41, 5.74) is 4.55. The van der Waals surface area contributed by atoms with Crippen LogP contribution in [0.15, 0.2) is 71.6 Å². The van der Waals surface area contributed by atoms with E-state index in [4.69, 9.17) is 19.1 Å². The molecule has 0 atom stereocenters. The lowest BCUT2D eigenvalue weighted by Gasteiger charge is -2.14. The fourth-order valence-electron chi connectivity index (χ4n) is 3.43. The van der Waals surface area contributed by atoms with Crippen molar-refractivity contribution in [2.24, 2.45) is 0 Å². The average molecular weight is 457 g/mol. The van der Waals surface area contributed by atoms with Gasteiger partial charge in [0.1, 0.15) is 18.1 Å². The summed E-state index contributed by atoms with van der Waals surface area (Å²) in [7, 11) is -4.02. The third-order valence-corrected chi connectivity index (χ3v) is 5.96. The highest BCUT2D eigenvalue weighted by Crippen LogP contribution is 2.35. The number of benzene rings is 3. The lowest BCUT2D eigenvalue weighted by Crippen LogP contribution is -2.02. The Morgan fingerprint density at radius 3 is 2.38 bits per heavy atom. The number of ether oxygens (including phenoxy) is 2. The summed E-state index contributed by atoms with van der Waals surface area (Å²) < 4.78 is 41.2. The molecule has 170 valence electrons. The maximum absolute atomic E-state index is 10.5. The number of fused-ring (bicyclic) bond motifs is 1. The van der Waals surface area contributed by atoms with E-state index in [9.17, 15) is 8.42 Å². The molecule has 0 fully saturated rings.